The number of carbonyl (C=O) groups is 3. The smallest absolute Gasteiger partial charge is 0.408 e. The monoisotopic (exact) mass is 584 g/mol. The van der Waals surface area contributed by atoms with Gasteiger partial charge in [-0.1, -0.05) is 60.7 Å². The van der Waals surface area contributed by atoms with E-state index in [0.717, 1.165) is 22.1 Å². The number of nitrogens with one attached hydrogen (secondary N) is 3. The van der Waals surface area contributed by atoms with Gasteiger partial charge in [-0.05, 0) is 61.6 Å². The fourth-order valence-electron chi connectivity index (χ4n) is 4.63. The number of fused-ring (bicyclic) bond motifs is 1. The molecule has 0 aliphatic heterocycles. The van der Waals surface area contributed by atoms with Gasteiger partial charge in [0.15, 0.2) is 0 Å². The molecule has 0 bridgehead atoms. The van der Waals surface area contributed by atoms with Crippen LogP contribution in [0.3, 0.4) is 0 Å². The largest absolute Gasteiger partial charge is 0.445 e. The van der Waals surface area contributed by atoms with Gasteiger partial charge in [-0.3, -0.25) is 9.59 Å². The van der Waals surface area contributed by atoms with Crippen LogP contribution in [-0.4, -0.2) is 36.5 Å². The second-order valence-corrected chi connectivity index (χ2v) is 10.2. The fraction of sp³-hybridized carbons (Fsp3) is 0.273. The third-order valence-electron chi connectivity index (χ3n) is 6.90. The summed E-state index contributed by atoms with van der Waals surface area (Å²) < 4.78 is 10.7. The third kappa shape index (κ3) is 9.27. The van der Waals surface area contributed by atoms with E-state index in [2.05, 4.69) is 16.0 Å². The van der Waals surface area contributed by atoms with Crippen molar-refractivity contribution in [2.75, 3.05) is 11.9 Å². The molecular weight excluding hydrogens is 548 g/mol. The molecule has 1 heterocycles. The lowest BCUT2D eigenvalue weighted by molar-refractivity contribution is -0.128. The van der Waals surface area contributed by atoms with Crippen LogP contribution in [0.25, 0.3) is 11.0 Å². The zero-order valence-corrected chi connectivity index (χ0v) is 24.0. The van der Waals surface area contributed by atoms with Crippen molar-refractivity contribution < 1.29 is 23.5 Å². The van der Waals surface area contributed by atoms with E-state index >= 15 is 0 Å². The predicted molar refractivity (Wildman–Crippen MR) is 164 cm³/mol. The number of alkyl carbamates (subject to hydrolysis) is 1. The molecule has 0 radical (unpaired) electrons. The quantitative estimate of drug-likeness (QED) is 0.136. The summed E-state index contributed by atoms with van der Waals surface area (Å²) >= 11 is 0. The lowest BCUT2D eigenvalue weighted by atomic mass is 10.0. The third-order valence-corrected chi connectivity index (χ3v) is 6.90. The number of ether oxygens (including phenoxy) is 1. The van der Waals surface area contributed by atoms with Crippen LogP contribution in [0.5, 0.6) is 0 Å². The molecule has 43 heavy (non-hydrogen) atoms. The van der Waals surface area contributed by atoms with Gasteiger partial charge in [0.2, 0.25) is 11.8 Å². The standard InChI is InChI=1S/C33H36N4O6/c1-22-18-30(38)43-29-20-25(15-16-26(22)29)35-31(39)27(14-8-9-17-34)36-32(40)28(19-23-10-4-2-5-11-23)37-33(41)42-21-24-12-6-3-7-13-24/h2-7,10-13,15-16,18,20,27-28H,8-9,14,17,19,21,34H2,1H3,(H,35,39)(H,36,40)(H,37,41). The molecule has 2 atom stereocenters. The van der Waals surface area contributed by atoms with Crippen LogP contribution in [0.15, 0.2) is 94.1 Å². The van der Waals surface area contributed by atoms with Gasteiger partial charge in [-0.15, -0.1) is 0 Å². The molecular formula is C33H36N4O6. The summed E-state index contributed by atoms with van der Waals surface area (Å²) in [6.45, 7) is 2.29. The molecule has 0 aliphatic rings. The maximum absolute atomic E-state index is 13.6. The van der Waals surface area contributed by atoms with Crippen LogP contribution in [-0.2, 0) is 27.4 Å². The minimum atomic E-state index is -1.01. The van der Waals surface area contributed by atoms with Crippen molar-refractivity contribution in [2.24, 2.45) is 5.73 Å². The number of amides is 3. The van der Waals surface area contributed by atoms with Gasteiger partial charge in [0.05, 0.1) is 0 Å². The van der Waals surface area contributed by atoms with Gasteiger partial charge >= 0.3 is 11.7 Å². The molecule has 0 saturated carbocycles. The average Bonchev–Trinajstić information content (AvgIpc) is 3.00. The number of rotatable bonds is 13. The van der Waals surface area contributed by atoms with Crippen molar-refractivity contribution in [2.45, 2.75) is 51.3 Å². The Kier molecular flexibility index (Phi) is 11.0. The van der Waals surface area contributed by atoms with Crippen LogP contribution in [0.1, 0.15) is 36.0 Å². The van der Waals surface area contributed by atoms with Crippen molar-refractivity contribution in [1.29, 1.82) is 0 Å². The molecule has 0 saturated heterocycles. The van der Waals surface area contributed by atoms with Gasteiger partial charge < -0.3 is 30.8 Å². The Bertz CT molecular complexity index is 1590. The molecule has 10 heteroatoms. The van der Waals surface area contributed by atoms with Crippen molar-refractivity contribution in [3.63, 3.8) is 0 Å². The van der Waals surface area contributed by atoms with E-state index in [4.69, 9.17) is 14.9 Å². The summed E-state index contributed by atoms with van der Waals surface area (Å²) in [6.07, 6.45) is 1.02. The van der Waals surface area contributed by atoms with E-state index in [1.165, 1.54) is 6.07 Å². The molecule has 10 nitrogen and oxygen atoms in total. The Balaban J connectivity index is 1.48. The first kappa shape index (κ1) is 31.0. The first-order valence-electron chi connectivity index (χ1n) is 14.2. The Hall–Kier alpha value is -4.96. The van der Waals surface area contributed by atoms with Crippen LogP contribution in [0, 0.1) is 6.92 Å². The van der Waals surface area contributed by atoms with Crippen molar-refractivity contribution in [1.82, 2.24) is 10.6 Å². The van der Waals surface area contributed by atoms with E-state index in [-0.39, 0.29) is 13.0 Å². The van der Waals surface area contributed by atoms with Gasteiger partial charge in [0, 0.05) is 29.6 Å². The Labute approximate surface area is 249 Å². The van der Waals surface area contributed by atoms with Gasteiger partial charge in [-0.2, -0.15) is 0 Å². The first-order valence-corrected chi connectivity index (χ1v) is 14.2. The summed E-state index contributed by atoms with van der Waals surface area (Å²) in [5, 5.41) is 9.04. The van der Waals surface area contributed by atoms with Crippen LogP contribution in [0.4, 0.5) is 10.5 Å². The van der Waals surface area contributed by atoms with Gasteiger partial charge in [0.25, 0.3) is 0 Å². The zero-order valence-electron chi connectivity index (χ0n) is 24.0. The number of carbonyl (C=O) groups excluding carboxylic acids is 3. The van der Waals surface area contributed by atoms with Crippen LogP contribution >= 0.6 is 0 Å². The summed E-state index contributed by atoms with van der Waals surface area (Å²) in [5.41, 5.74) is 8.32. The minimum Gasteiger partial charge on any atom is -0.445 e. The van der Waals surface area contributed by atoms with E-state index in [1.54, 1.807) is 25.1 Å². The molecule has 0 fully saturated rings. The Morgan fingerprint density at radius 1 is 0.837 bits per heavy atom. The number of aryl methyl sites for hydroxylation is 1. The average molecular weight is 585 g/mol. The molecule has 4 rings (SSSR count). The molecule has 3 amide bonds. The molecule has 5 N–H and O–H groups in total. The summed E-state index contributed by atoms with van der Waals surface area (Å²) in [6, 6.07) is 23.0. The fourth-order valence-corrected chi connectivity index (χ4v) is 4.63. The second kappa shape index (κ2) is 15.3. The maximum atomic E-state index is 13.6. The normalized spacial score (nSPS) is 12.2. The van der Waals surface area contributed by atoms with E-state index in [9.17, 15) is 19.2 Å². The summed E-state index contributed by atoms with van der Waals surface area (Å²) in [4.78, 5) is 51.5. The molecule has 1 aromatic heterocycles. The molecule has 0 spiro atoms. The van der Waals surface area contributed by atoms with E-state index in [1.807, 2.05) is 60.7 Å². The highest BCUT2D eigenvalue weighted by atomic mass is 16.5. The number of unbranched alkanes of at least 4 members (excludes halogenated alkanes) is 1. The van der Waals surface area contributed by atoms with Crippen molar-refractivity contribution in [3.05, 3.63) is 112 Å². The van der Waals surface area contributed by atoms with E-state index < -0.39 is 35.6 Å². The van der Waals surface area contributed by atoms with Crippen LogP contribution in [0.2, 0.25) is 0 Å². The zero-order chi connectivity index (χ0) is 30.6. The number of nitrogens with two attached hydrogens (primary N) is 1. The number of benzene rings is 3. The van der Waals surface area contributed by atoms with Crippen molar-refractivity contribution >= 4 is 34.6 Å². The number of anilines is 1. The molecule has 4 aromatic rings. The molecule has 224 valence electrons. The molecule has 2 unspecified atom stereocenters. The summed E-state index contributed by atoms with van der Waals surface area (Å²) in [7, 11) is 0. The highest BCUT2D eigenvalue weighted by Gasteiger charge is 2.27. The lowest BCUT2D eigenvalue weighted by Gasteiger charge is -2.23. The first-order chi connectivity index (χ1) is 20.8. The molecule has 3 aromatic carbocycles. The lowest BCUT2D eigenvalue weighted by Crippen LogP contribution is -2.53. The number of hydrogen-bond acceptors (Lipinski definition) is 7. The topological polar surface area (TPSA) is 153 Å². The van der Waals surface area contributed by atoms with E-state index in [0.29, 0.717) is 37.1 Å². The SMILES string of the molecule is Cc1cc(=O)oc2cc(NC(=O)C(CCCCN)NC(=O)C(Cc3ccccc3)NC(=O)OCc3ccccc3)ccc12. The highest BCUT2D eigenvalue weighted by molar-refractivity contribution is 5.99. The minimum absolute atomic E-state index is 0.0435. The van der Waals surface area contributed by atoms with Crippen molar-refractivity contribution in [3.8, 4) is 0 Å². The maximum Gasteiger partial charge on any atom is 0.408 e. The van der Waals surface area contributed by atoms with Gasteiger partial charge in [0.1, 0.15) is 24.3 Å². The van der Waals surface area contributed by atoms with Crippen LogP contribution < -0.4 is 27.3 Å². The highest BCUT2D eigenvalue weighted by Crippen LogP contribution is 2.21. The summed E-state index contributed by atoms with van der Waals surface area (Å²) in [5.74, 6) is -0.988. The Morgan fingerprint density at radius 2 is 1.53 bits per heavy atom. The molecule has 0 aliphatic carbocycles. The van der Waals surface area contributed by atoms with Gasteiger partial charge in [-0.25, -0.2) is 9.59 Å². The predicted octanol–water partition coefficient (Wildman–Crippen LogP) is 4.19. The number of hydrogen-bond donors (Lipinski definition) is 4. The Morgan fingerprint density at radius 3 is 2.23 bits per heavy atom. The second-order valence-electron chi connectivity index (χ2n) is 10.2.